The molecule has 3 aromatic rings. The summed E-state index contributed by atoms with van der Waals surface area (Å²) in [5.74, 6) is 1.26. The highest BCUT2D eigenvalue weighted by Gasteiger charge is 2.24. The Morgan fingerprint density at radius 1 is 1.30 bits per heavy atom. The SMILES string of the molecule is Cc1cccc(-n2c(C)nnc2SCC(=O)Nc2c(C#N)c(C)c(C)n2CC2CCCO2)c1. The predicted octanol–water partition coefficient (Wildman–Crippen LogP) is 4.08. The molecule has 0 bridgehead atoms. The number of carbonyl (C=O) groups excluding carboxylic acids is 1. The summed E-state index contributed by atoms with van der Waals surface area (Å²) in [5.41, 5.74) is 4.45. The molecule has 1 aliphatic heterocycles. The van der Waals surface area contributed by atoms with E-state index in [4.69, 9.17) is 4.74 Å². The van der Waals surface area contributed by atoms with E-state index in [0.717, 1.165) is 47.8 Å². The van der Waals surface area contributed by atoms with Crippen LogP contribution in [-0.4, -0.2) is 43.7 Å². The smallest absolute Gasteiger partial charge is 0.235 e. The molecule has 1 aliphatic rings. The van der Waals surface area contributed by atoms with Gasteiger partial charge in [0.2, 0.25) is 5.91 Å². The summed E-state index contributed by atoms with van der Waals surface area (Å²) >= 11 is 1.32. The number of amides is 1. The van der Waals surface area contributed by atoms with Crippen LogP contribution in [0.25, 0.3) is 5.69 Å². The molecule has 3 heterocycles. The molecule has 1 unspecified atom stereocenters. The minimum Gasteiger partial charge on any atom is -0.376 e. The molecule has 172 valence electrons. The Morgan fingerprint density at radius 2 is 2.12 bits per heavy atom. The third-order valence-electron chi connectivity index (χ3n) is 6.00. The van der Waals surface area contributed by atoms with Crippen molar-refractivity contribution in [3.05, 3.63) is 52.5 Å². The van der Waals surface area contributed by atoms with Crippen molar-refractivity contribution in [2.45, 2.75) is 58.3 Å². The monoisotopic (exact) mass is 464 g/mol. The Bertz CT molecular complexity index is 1220. The molecule has 0 spiro atoms. The van der Waals surface area contributed by atoms with E-state index in [1.807, 2.05) is 55.0 Å². The normalized spacial score (nSPS) is 15.5. The maximum Gasteiger partial charge on any atom is 0.235 e. The van der Waals surface area contributed by atoms with E-state index in [1.165, 1.54) is 11.8 Å². The third-order valence-corrected chi connectivity index (χ3v) is 6.93. The first kappa shape index (κ1) is 23.1. The van der Waals surface area contributed by atoms with Gasteiger partial charge in [-0.05, 0) is 63.8 Å². The lowest BCUT2D eigenvalue weighted by Gasteiger charge is -2.17. The summed E-state index contributed by atoms with van der Waals surface area (Å²) in [4.78, 5) is 12.9. The number of hydrogen-bond donors (Lipinski definition) is 1. The van der Waals surface area contributed by atoms with E-state index in [9.17, 15) is 10.1 Å². The van der Waals surface area contributed by atoms with Gasteiger partial charge in [-0.15, -0.1) is 10.2 Å². The quantitative estimate of drug-likeness (QED) is 0.529. The summed E-state index contributed by atoms with van der Waals surface area (Å²) in [5, 5.41) is 21.8. The molecule has 9 heteroatoms. The Kier molecular flexibility index (Phi) is 6.86. The van der Waals surface area contributed by atoms with Crippen LogP contribution in [0, 0.1) is 39.0 Å². The molecule has 1 N–H and O–H groups in total. The lowest BCUT2D eigenvalue weighted by molar-refractivity contribution is -0.113. The number of benzene rings is 1. The Balaban J connectivity index is 1.51. The summed E-state index contributed by atoms with van der Waals surface area (Å²) in [7, 11) is 0. The van der Waals surface area contributed by atoms with Gasteiger partial charge < -0.3 is 14.6 Å². The standard InChI is InChI=1S/C24H28N6O2S/c1-15-7-5-8-19(11-15)30-18(4)27-28-24(30)33-14-22(31)26-23-21(12-25)16(2)17(3)29(23)13-20-9-6-10-32-20/h5,7-8,11,20H,6,9-10,13-14H2,1-4H3,(H,26,31). The molecule has 1 fully saturated rings. The van der Waals surface area contributed by atoms with Crippen LogP contribution in [0.3, 0.4) is 0 Å². The molecule has 8 nitrogen and oxygen atoms in total. The van der Waals surface area contributed by atoms with E-state index in [0.29, 0.717) is 23.1 Å². The number of aromatic nitrogens is 4. The zero-order valence-electron chi connectivity index (χ0n) is 19.4. The molecule has 0 saturated carbocycles. The molecule has 0 radical (unpaired) electrons. The Morgan fingerprint density at radius 3 is 2.82 bits per heavy atom. The minimum atomic E-state index is -0.195. The molecular weight excluding hydrogens is 436 g/mol. The molecule has 2 aromatic heterocycles. The third kappa shape index (κ3) is 4.82. The summed E-state index contributed by atoms with van der Waals surface area (Å²) in [6, 6.07) is 10.3. The average molecular weight is 465 g/mol. The molecule has 1 amide bonds. The Labute approximate surface area is 198 Å². The summed E-state index contributed by atoms with van der Waals surface area (Å²) in [6.45, 7) is 9.20. The van der Waals surface area contributed by atoms with Crippen molar-refractivity contribution in [3.8, 4) is 11.8 Å². The molecule has 33 heavy (non-hydrogen) atoms. The van der Waals surface area contributed by atoms with Gasteiger partial charge in [0.05, 0.1) is 24.0 Å². The first-order valence-corrected chi connectivity index (χ1v) is 12.0. The van der Waals surface area contributed by atoms with Crippen molar-refractivity contribution in [2.75, 3.05) is 17.7 Å². The first-order valence-electron chi connectivity index (χ1n) is 11.0. The summed E-state index contributed by atoms with van der Waals surface area (Å²) < 4.78 is 9.74. The van der Waals surface area contributed by atoms with E-state index in [-0.39, 0.29) is 17.8 Å². The van der Waals surface area contributed by atoms with E-state index < -0.39 is 0 Å². The molecule has 1 atom stereocenters. The number of thioether (sulfide) groups is 1. The van der Waals surface area contributed by atoms with Crippen molar-refractivity contribution in [1.82, 2.24) is 19.3 Å². The van der Waals surface area contributed by atoms with Gasteiger partial charge in [-0.25, -0.2) is 0 Å². The van der Waals surface area contributed by atoms with Crippen molar-refractivity contribution in [1.29, 1.82) is 5.26 Å². The number of hydrogen-bond acceptors (Lipinski definition) is 6. The minimum absolute atomic E-state index is 0.0999. The molecule has 0 aliphatic carbocycles. The zero-order valence-corrected chi connectivity index (χ0v) is 20.2. The van der Waals surface area contributed by atoms with E-state index in [1.54, 1.807) is 0 Å². The fourth-order valence-corrected chi connectivity index (χ4v) is 4.95. The summed E-state index contributed by atoms with van der Waals surface area (Å²) in [6.07, 6.45) is 2.12. The second-order valence-corrected chi connectivity index (χ2v) is 9.28. The number of anilines is 1. The fraction of sp³-hybridized carbons (Fsp3) is 0.417. The lowest BCUT2D eigenvalue weighted by Crippen LogP contribution is -2.22. The molecule has 1 saturated heterocycles. The second kappa shape index (κ2) is 9.81. The second-order valence-electron chi connectivity index (χ2n) is 8.33. The van der Waals surface area contributed by atoms with Crippen LogP contribution in [0.2, 0.25) is 0 Å². The van der Waals surface area contributed by atoms with Crippen molar-refractivity contribution in [3.63, 3.8) is 0 Å². The van der Waals surface area contributed by atoms with Gasteiger partial charge >= 0.3 is 0 Å². The highest BCUT2D eigenvalue weighted by Crippen LogP contribution is 2.29. The maximum atomic E-state index is 12.9. The van der Waals surface area contributed by atoms with E-state index in [2.05, 4.69) is 27.6 Å². The van der Waals surface area contributed by atoms with Crippen LogP contribution in [0.5, 0.6) is 0 Å². The Hall–Kier alpha value is -3.09. The highest BCUT2D eigenvalue weighted by molar-refractivity contribution is 7.99. The highest BCUT2D eigenvalue weighted by atomic mass is 32.2. The number of nitrogens with zero attached hydrogens (tertiary/aromatic N) is 5. The van der Waals surface area contributed by atoms with E-state index >= 15 is 0 Å². The predicted molar refractivity (Wildman–Crippen MR) is 128 cm³/mol. The van der Waals surface area contributed by atoms with Crippen molar-refractivity contribution >= 4 is 23.5 Å². The van der Waals surface area contributed by atoms with Crippen LogP contribution in [0.15, 0.2) is 29.4 Å². The number of rotatable bonds is 7. The number of nitriles is 1. The van der Waals surface area contributed by atoms with Crippen LogP contribution in [-0.2, 0) is 16.1 Å². The van der Waals surface area contributed by atoms with Gasteiger partial charge in [0, 0.05) is 18.0 Å². The average Bonchev–Trinajstić information content (AvgIpc) is 3.49. The maximum absolute atomic E-state index is 12.9. The van der Waals surface area contributed by atoms with Gasteiger partial charge in [0.15, 0.2) is 5.16 Å². The van der Waals surface area contributed by atoms with Gasteiger partial charge in [0.25, 0.3) is 0 Å². The van der Waals surface area contributed by atoms with Crippen LogP contribution in [0.1, 0.15) is 41.1 Å². The van der Waals surface area contributed by atoms with Crippen molar-refractivity contribution in [2.24, 2.45) is 0 Å². The van der Waals surface area contributed by atoms with Gasteiger partial charge in [-0.1, -0.05) is 23.9 Å². The largest absolute Gasteiger partial charge is 0.376 e. The van der Waals surface area contributed by atoms with Crippen molar-refractivity contribution < 1.29 is 9.53 Å². The van der Waals surface area contributed by atoms with Crippen LogP contribution in [0.4, 0.5) is 5.82 Å². The topological polar surface area (TPSA) is 97.8 Å². The van der Waals surface area contributed by atoms with Crippen LogP contribution >= 0.6 is 11.8 Å². The van der Waals surface area contributed by atoms with Gasteiger partial charge in [-0.2, -0.15) is 5.26 Å². The molecular formula is C24H28N6O2S. The van der Waals surface area contributed by atoms with Crippen LogP contribution < -0.4 is 5.32 Å². The molecule has 4 rings (SSSR count). The number of carbonyl (C=O) groups is 1. The zero-order chi connectivity index (χ0) is 23.5. The first-order chi connectivity index (χ1) is 15.9. The van der Waals surface area contributed by atoms with Gasteiger partial charge in [-0.3, -0.25) is 9.36 Å². The molecule has 1 aromatic carbocycles. The number of aryl methyl sites for hydroxylation is 2. The number of nitrogens with one attached hydrogen (secondary N) is 1. The van der Waals surface area contributed by atoms with Gasteiger partial charge in [0.1, 0.15) is 17.7 Å². The fourth-order valence-electron chi connectivity index (χ4n) is 4.15. The lowest BCUT2D eigenvalue weighted by atomic mass is 10.2. The number of ether oxygens (including phenoxy) is 1.